The summed E-state index contributed by atoms with van der Waals surface area (Å²) >= 11 is 0. The van der Waals surface area contributed by atoms with E-state index in [1.165, 1.54) is 18.4 Å². The Bertz CT molecular complexity index is 390. The predicted molar refractivity (Wildman–Crippen MR) is 80.8 cm³/mol. The molecular formula is C17H27NO. The third-order valence-electron chi connectivity index (χ3n) is 4.54. The van der Waals surface area contributed by atoms with Gasteiger partial charge in [0.1, 0.15) is 5.75 Å². The molecule has 0 atom stereocenters. The Labute approximate surface area is 117 Å². The number of nitrogens with one attached hydrogen (secondary N) is 1. The minimum absolute atomic E-state index is 0.342. The molecule has 1 N–H and O–H groups in total. The lowest BCUT2D eigenvalue weighted by molar-refractivity contribution is 0.0995. The highest BCUT2D eigenvalue weighted by molar-refractivity contribution is 5.35. The summed E-state index contributed by atoms with van der Waals surface area (Å²) in [6.45, 7) is 8.51. The lowest BCUT2D eigenvalue weighted by atomic mass is 9.56. The Hall–Kier alpha value is -1.02. The van der Waals surface area contributed by atoms with E-state index in [1.54, 1.807) is 0 Å². The van der Waals surface area contributed by atoms with Crippen molar-refractivity contribution >= 4 is 0 Å². The van der Waals surface area contributed by atoms with Crippen molar-refractivity contribution in [1.82, 2.24) is 5.32 Å². The van der Waals surface area contributed by atoms with Gasteiger partial charge in [0.25, 0.3) is 0 Å². The highest BCUT2D eigenvalue weighted by Crippen LogP contribution is 2.50. The second kappa shape index (κ2) is 5.96. The molecule has 0 radical (unpaired) electrons. The molecule has 1 aromatic rings. The fourth-order valence-corrected chi connectivity index (χ4v) is 3.31. The molecule has 1 aliphatic carbocycles. The average molecular weight is 261 g/mol. The van der Waals surface area contributed by atoms with Crippen LogP contribution in [-0.2, 0) is 5.41 Å². The number of hydrogen-bond donors (Lipinski definition) is 1. The van der Waals surface area contributed by atoms with Gasteiger partial charge in [-0.05, 0) is 56.3 Å². The average Bonchev–Trinajstić information content (AvgIpc) is 2.34. The third-order valence-corrected chi connectivity index (χ3v) is 4.54. The number of likely N-dealkylation sites (N-methyl/N-ethyl adjacent to an activating group) is 1. The van der Waals surface area contributed by atoms with Crippen molar-refractivity contribution in [3.63, 3.8) is 0 Å². The largest absolute Gasteiger partial charge is 0.494 e. The van der Waals surface area contributed by atoms with Crippen LogP contribution in [0.25, 0.3) is 0 Å². The Morgan fingerprint density at radius 2 is 1.89 bits per heavy atom. The maximum Gasteiger partial charge on any atom is 0.119 e. The summed E-state index contributed by atoms with van der Waals surface area (Å²) in [5.41, 5.74) is 1.80. The summed E-state index contributed by atoms with van der Waals surface area (Å²) < 4.78 is 5.53. The molecule has 0 bridgehead atoms. The van der Waals surface area contributed by atoms with Crippen LogP contribution in [0.4, 0.5) is 0 Å². The molecule has 1 saturated carbocycles. The number of rotatable bonds is 6. The molecular weight excluding hydrogens is 234 g/mol. The maximum atomic E-state index is 5.53. The predicted octanol–water partition coefficient (Wildman–Crippen LogP) is 3.61. The van der Waals surface area contributed by atoms with Crippen molar-refractivity contribution in [2.75, 3.05) is 20.2 Å². The third kappa shape index (κ3) is 2.94. The van der Waals surface area contributed by atoms with Crippen LogP contribution in [0.5, 0.6) is 5.75 Å². The van der Waals surface area contributed by atoms with E-state index < -0.39 is 0 Å². The minimum Gasteiger partial charge on any atom is -0.494 e. The first-order valence-electron chi connectivity index (χ1n) is 7.49. The van der Waals surface area contributed by atoms with E-state index in [4.69, 9.17) is 4.74 Å². The summed E-state index contributed by atoms with van der Waals surface area (Å²) in [7, 11) is 2.05. The summed E-state index contributed by atoms with van der Waals surface area (Å²) in [4.78, 5) is 0. The highest BCUT2D eigenvalue weighted by Gasteiger charge is 2.45. The van der Waals surface area contributed by atoms with Gasteiger partial charge in [-0.2, -0.15) is 0 Å². The van der Waals surface area contributed by atoms with E-state index in [2.05, 4.69) is 50.5 Å². The van der Waals surface area contributed by atoms with Crippen LogP contribution in [0.15, 0.2) is 24.3 Å². The van der Waals surface area contributed by atoms with Crippen molar-refractivity contribution in [3.8, 4) is 5.75 Å². The van der Waals surface area contributed by atoms with E-state index in [0.717, 1.165) is 30.7 Å². The molecule has 1 aliphatic rings. The van der Waals surface area contributed by atoms with E-state index in [-0.39, 0.29) is 0 Å². The van der Waals surface area contributed by atoms with Crippen molar-refractivity contribution in [2.45, 2.75) is 39.0 Å². The van der Waals surface area contributed by atoms with Gasteiger partial charge in [0.2, 0.25) is 0 Å². The van der Waals surface area contributed by atoms with Crippen LogP contribution in [0.1, 0.15) is 39.2 Å². The molecule has 0 amide bonds. The van der Waals surface area contributed by atoms with E-state index in [9.17, 15) is 0 Å². The Morgan fingerprint density at radius 1 is 1.26 bits per heavy atom. The number of hydrogen-bond acceptors (Lipinski definition) is 2. The van der Waals surface area contributed by atoms with Gasteiger partial charge in [-0.1, -0.05) is 26.0 Å². The zero-order valence-corrected chi connectivity index (χ0v) is 12.7. The molecule has 0 aromatic heterocycles. The lowest BCUT2D eigenvalue weighted by Gasteiger charge is -2.50. The molecule has 0 saturated heterocycles. The van der Waals surface area contributed by atoms with Gasteiger partial charge >= 0.3 is 0 Å². The molecule has 1 fully saturated rings. The van der Waals surface area contributed by atoms with E-state index in [1.807, 2.05) is 6.92 Å². The number of ether oxygens (including phenoxy) is 1. The summed E-state index contributed by atoms with van der Waals surface area (Å²) in [6, 6.07) is 8.72. The van der Waals surface area contributed by atoms with Gasteiger partial charge in [0, 0.05) is 12.0 Å². The molecule has 0 heterocycles. The first-order chi connectivity index (χ1) is 9.11. The molecule has 1 aromatic carbocycles. The molecule has 2 nitrogen and oxygen atoms in total. The van der Waals surface area contributed by atoms with Gasteiger partial charge in [0.05, 0.1) is 6.61 Å². The lowest BCUT2D eigenvalue weighted by Crippen LogP contribution is -2.49. The molecule has 0 aliphatic heterocycles. The van der Waals surface area contributed by atoms with Crippen LogP contribution in [0.2, 0.25) is 0 Å². The quantitative estimate of drug-likeness (QED) is 0.844. The van der Waals surface area contributed by atoms with E-state index in [0.29, 0.717) is 5.41 Å². The molecule has 106 valence electrons. The van der Waals surface area contributed by atoms with Gasteiger partial charge < -0.3 is 10.1 Å². The van der Waals surface area contributed by atoms with Gasteiger partial charge in [-0.3, -0.25) is 0 Å². The van der Waals surface area contributed by atoms with Crippen molar-refractivity contribution in [3.05, 3.63) is 29.8 Å². The Morgan fingerprint density at radius 3 is 2.37 bits per heavy atom. The molecule has 0 spiro atoms. The topological polar surface area (TPSA) is 21.3 Å². The number of benzene rings is 1. The fourth-order valence-electron chi connectivity index (χ4n) is 3.31. The van der Waals surface area contributed by atoms with Crippen LogP contribution < -0.4 is 10.1 Å². The maximum absolute atomic E-state index is 5.53. The standard InChI is InChI=1S/C17H27NO/c1-5-19-16-8-6-15(7-9-16)17(12-18-4)10-14(11-17)13(2)3/h6-9,13-14,18H,5,10-12H2,1-4H3. The molecule has 19 heavy (non-hydrogen) atoms. The van der Waals surface area contributed by atoms with Gasteiger partial charge in [0.15, 0.2) is 0 Å². The monoisotopic (exact) mass is 261 g/mol. The first kappa shape index (κ1) is 14.4. The smallest absolute Gasteiger partial charge is 0.119 e. The highest BCUT2D eigenvalue weighted by atomic mass is 16.5. The van der Waals surface area contributed by atoms with Gasteiger partial charge in [-0.25, -0.2) is 0 Å². The Balaban J connectivity index is 2.12. The minimum atomic E-state index is 0.342. The fraction of sp³-hybridized carbons (Fsp3) is 0.647. The second-order valence-electron chi connectivity index (χ2n) is 6.18. The van der Waals surface area contributed by atoms with Crippen LogP contribution >= 0.6 is 0 Å². The SMILES string of the molecule is CCOc1ccc(C2(CNC)CC(C(C)C)C2)cc1. The Kier molecular flexibility index (Phi) is 4.51. The summed E-state index contributed by atoms with van der Waals surface area (Å²) in [6.07, 6.45) is 2.61. The molecule has 2 rings (SSSR count). The molecule has 2 heteroatoms. The van der Waals surface area contributed by atoms with Crippen molar-refractivity contribution in [2.24, 2.45) is 11.8 Å². The van der Waals surface area contributed by atoms with Crippen LogP contribution in [0.3, 0.4) is 0 Å². The van der Waals surface area contributed by atoms with Crippen molar-refractivity contribution in [1.29, 1.82) is 0 Å². The molecule has 0 unspecified atom stereocenters. The van der Waals surface area contributed by atoms with Crippen molar-refractivity contribution < 1.29 is 4.74 Å². The van der Waals surface area contributed by atoms with Crippen LogP contribution in [0, 0.1) is 11.8 Å². The second-order valence-corrected chi connectivity index (χ2v) is 6.18. The zero-order valence-electron chi connectivity index (χ0n) is 12.7. The normalized spacial score (nSPS) is 26.3. The summed E-state index contributed by atoms with van der Waals surface area (Å²) in [5.74, 6) is 2.65. The van der Waals surface area contributed by atoms with E-state index >= 15 is 0 Å². The summed E-state index contributed by atoms with van der Waals surface area (Å²) in [5, 5.41) is 3.38. The zero-order chi connectivity index (χ0) is 13.9. The van der Waals surface area contributed by atoms with Crippen LogP contribution in [-0.4, -0.2) is 20.2 Å². The first-order valence-corrected chi connectivity index (χ1v) is 7.49. The van der Waals surface area contributed by atoms with Gasteiger partial charge in [-0.15, -0.1) is 0 Å².